The second-order valence-corrected chi connectivity index (χ2v) is 6.87. The lowest BCUT2D eigenvalue weighted by Gasteiger charge is -2.26. The molecule has 146 valence electrons. The number of para-hydroxylation sites is 1. The van der Waals surface area contributed by atoms with Crippen LogP contribution in [0.3, 0.4) is 0 Å². The van der Waals surface area contributed by atoms with Gasteiger partial charge < -0.3 is 19.7 Å². The van der Waals surface area contributed by atoms with Crippen LogP contribution in [-0.4, -0.2) is 57.4 Å². The van der Waals surface area contributed by atoms with E-state index in [9.17, 15) is 0 Å². The lowest BCUT2D eigenvalue weighted by atomic mass is 9.96. The molecule has 1 aromatic carbocycles. The van der Waals surface area contributed by atoms with E-state index in [0.29, 0.717) is 0 Å². The maximum Gasteiger partial charge on any atom is 0.193 e. The van der Waals surface area contributed by atoms with Crippen molar-refractivity contribution in [3.63, 3.8) is 0 Å². The van der Waals surface area contributed by atoms with Crippen molar-refractivity contribution in [1.29, 1.82) is 0 Å². The molecule has 0 atom stereocenters. The van der Waals surface area contributed by atoms with Gasteiger partial charge in [-0.1, -0.05) is 18.2 Å². The van der Waals surface area contributed by atoms with Crippen molar-refractivity contribution in [2.24, 2.45) is 10.9 Å². The molecule has 0 spiro atoms. The normalized spacial score (nSPS) is 15.7. The van der Waals surface area contributed by atoms with Crippen LogP contribution in [0, 0.1) is 5.92 Å². The van der Waals surface area contributed by atoms with E-state index in [1.807, 2.05) is 30.3 Å². The molecule has 1 aliphatic rings. The highest BCUT2D eigenvalue weighted by atomic mass is 16.5. The largest absolute Gasteiger partial charge is 0.494 e. The van der Waals surface area contributed by atoms with Crippen molar-refractivity contribution < 1.29 is 9.47 Å². The number of hydrogen-bond acceptors (Lipinski definition) is 3. The third-order valence-corrected chi connectivity index (χ3v) is 4.74. The summed E-state index contributed by atoms with van der Waals surface area (Å²) < 4.78 is 11.2. The summed E-state index contributed by atoms with van der Waals surface area (Å²) in [6.45, 7) is 7.50. The van der Waals surface area contributed by atoms with E-state index < -0.39 is 0 Å². The molecule has 1 aromatic rings. The molecule has 1 N–H and O–H groups in total. The Kier molecular flexibility index (Phi) is 9.95. The minimum absolute atomic E-state index is 0.746. The molecule has 0 saturated carbocycles. The van der Waals surface area contributed by atoms with Crippen molar-refractivity contribution in [3.8, 4) is 5.75 Å². The Morgan fingerprint density at radius 1 is 1.23 bits per heavy atom. The molecule has 5 heteroatoms. The molecule has 5 nitrogen and oxygen atoms in total. The zero-order valence-corrected chi connectivity index (χ0v) is 16.5. The number of guanidine groups is 1. The van der Waals surface area contributed by atoms with Gasteiger partial charge >= 0.3 is 0 Å². The predicted molar refractivity (Wildman–Crippen MR) is 108 cm³/mol. The molecule has 0 aromatic heterocycles. The quantitative estimate of drug-likeness (QED) is 0.393. The van der Waals surface area contributed by atoms with Gasteiger partial charge in [0.1, 0.15) is 5.75 Å². The number of aliphatic imine (C=N–C) groups is 1. The van der Waals surface area contributed by atoms with Crippen LogP contribution >= 0.6 is 0 Å². The van der Waals surface area contributed by atoms with Gasteiger partial charge in [-0.25, -0.2) is 0 Å². The lowest BCUT2D eigenvalue weighted by Crippen LogP contribution is -2.40. The summed E-state index contributed by atoms with van der Waals surface area (Å²) in [5.74, 6) is 2.75. The molecule has 1 fully saturated rings. The average Bonchev–Trinajstić information content (AvgIpc) is 2.69. The molecular weight excluding hydrogens is 326 g/mol. The van der Waals surface area contributed by atoms with E-state index in [1.54, 1.807) is 0 Å². The highest BCUT2D eigenvalue weighted by molar-refractivity contribution is 5.79. The maximum absolute atomic E-state index is 5.73. The first-order valence-corrected chi connectivity index (χ1v) is 10.0. The minimum Gasteiger partial charge on any atom is -0.494 e. The van der Waals surface area contributed by atoms with Crippen molar-refractivity contribution in [1.82, 2.24) is 10.2 Å². The highest BCUT2D eigenvalue weighted by Crippen LogP contribution is 2.18. The molecule has 0 bridgehead atoms. The first-order chi connectivity index (χ1) is 12.8. The van der Waals surface area contributed by atoms with Crippen LogP contribution in [0.15, 0.2) is 35.3 Å². The molecule has 0 aliphatic carbocycles. The van der Waals surface area contributed by atoms with E-state index in [4.69, 9.17) is 14.5 Å². The topological polar surface area (TPSA) is 46.1 Å². The summed E-state index contributed by atoms with van der Waals surface area (Å²) >= 11 is 0. The molecule has 0 radical (unpaired) electrons. The third kappa shape index (κ3) is 8.09. The van der Waals surface area contributed by atoms with Crippen LogP contribution in [0.5, 0.6) is 5.75 Å². The third-order valence-electron chi connectivity index (χ3n) is 4.74. The van der Waals surface area contributed by atoms with Crippen LogP contribution in [0.4, 0.5) is 0 Å². The fraction of sp³-hybridized carbons (Fsp3) is 0.667. The van der Waals surface area contributed by atoms with Crippen molar-refractivity contribution >= 4 is 5.96 Å². The Morgan fingerprint density at radius 2 is 2.00 bits per heavy atom. The molecule has 2 rings (SSSR count). The van der Waals surface area contributed by atoms with E-state index in [0.717, 1.165) is 69.9 Å². The van der Waals surface area contributed by atoms with E-state index >= 15 is 0 Å². The van der Waals surface area contributed by atoms with Crippen LogP contribution in [0.1, 0.15) is 39.0 Å². The highest BCUT2D eigenvalue weighted by Gasteiger charge is 2.15. The molecule has 1 heterocycles. The number of nitrogens with one attached hydrogen (secondary N) is 1. The zero-order valence-electron chi connectivity index (χ0n) is 16.5. The summed E-state index contributed by atoms with van der Waals surface area (Å²) in [5.41, 5.74) is 0. The fourth-order valence-electron chi connectivity index (χ4n) is 3.09. The molecular formula is C21H35N3O2. The molecule has 26 heavy (non-hydrogen) atoms. The summed E-state index contributed by atoms with van der Waals surface area (Å²) in [4.78, 5) is 7.04. The van der Waals surface area contributed by atoms with E-state index in [-0.39, 0.29) is 0 Å². The number of unbranched alkanes of at least 4 members (excludes halogenated alkanes) is 1. The fourth-order valence-corrected chi connectivity index (χ4v) is 3.09. The van der Waals surface area contributed by atoms with Crippen LogP contribution in [-0.2, 0) is 4.74 Å². The average molecular weight is 362 g/mol. The first-order valence-electron chi connectivity index (χ1n) is 10.0. The first kappa shape index (κ1) is 20.6. The number of ether oxygens (including phenoxy) is 2. The van der Waals surface area contributed by atoms with Gasteiger partial charge in [-0.2, -0.15) is 0 Å². The summed E-state index contributed by atoms with van der Waals surface area (Å²) in [6.07, 6.45) is 5.67. The minimum atomic E-state index is 0.746. The SMILES string of the molecule is CCNC(=NCCCCOc1ccccc1)N(C)CCC1CCOCC1. The smallest absolute Gasteiger partial charge is 0.193 e. The number of rotatable bonds is 10. The standard InChI is InChI=1S/C21H35N3O2/c1-3-22-21(24(2)15-11-19-12-17-25-18-13-19)23-14-7-8-16-26-20-9-5-4-6-10-20/h4-6,9-10,19H,3,7-8,11-18H2,1-2H3,(H,22,23). The van der Waals surface area contributed by atoms with Crippen LogP contribution < -0.4 is 10.1 Å². The van der Waals surface area contributed by atoms with Gasteiger partial charge in [-0.05, 0) is 57.1 Å². The Hall–Kier alpha value is -1.75. The van der Waals surface area contributed by atoms with Gasteiger partial charge in [-0.15, -0.1) is 0 Å². The number of hydrogen-bond donors (Lipinski definition) is 1. The number of benzene rings is 1. The van der Waals surface area contributed by atoms with Gasteiger partial charge in [0, 0.05) is 39.9 Å². The Balaban J connectivity index is 1.64. The summed E-state index contributed by atoms with van der Waals surface area (Å²) in [6, 6.07) is 9.99. The molecule has 0 amide bonds. The van der Waals surface area contributed by atoms with E-state index in [1.165, 1.54) is 19.3 Å². The Bertz CT molecular complexity index is 501. The van der Waals surface area contributed by atoms with Gasteiger partial charge in [-0.3, -0.25) is 4.99 Å². The van der Waals surface area contributed by atoms with Crippen molar-refractivity contribution in [2.45, 2.75) is 39.0 Å². The zero-order chi connectivity index (χ0) is 18.5. The van der Waals surface area contributed by atoms with Crippen LogP contribution in [0.25, 0.3) is 0 Å². The Morgan fingerprint density at radius 3 is 2.73 bits per heavy atom. The van der Waals surface area contributed by atoms with Gasteiger partial charge in [0.15, 0.2) is 5.96 Å². The lowest BCUT2D eigenvalue weighted by molar-refractivity contribution is 0.0625. The van der Waals surface area contributed by atoms with Crippen molar-refractivity contribution in [3.05, 3.63) is 30.3 Å². The second-order valence-electron chi connectivity index (χ2n) is 6.87. The van der Waals surface area contributed by atoms with Gasteiger partial charge in [0.25, 0.3) is 0 Å². The Labute approximate surface area is 158 Å². The summed E-state index contributed by atoms with van der Waals surface area (Å²) in [7, 11) is 2.14. The maximum atomic E-state index is 5.73. The molecule has 1 aliphatic heterocycles. The van der Waals surface area contributed by atoms with E-state index in [2.05, 4.69) is 24.2 Å². The molecule has 1 saturated heterocycles. The second kappa shape index (κ2) is 12.6. The van der Waals surface area contributed by atoms with Crippen molar-refractivity contribution in [2.75, 3.05) is 46.5 Å². The number of nitrogens with zero attached hydrogens (tertiary/aromatic N) is 2. The monoisotopic (exact) mass is 361 g/mol. The summed E-state index contributed by atoms with van der Waals surface area (Å²) in [5, 5.41) is 3.41. The van der Waals surface area contributed by atoms with Crippen LogP contribution in [0.2, 0.25) is 0 Å². The predicted octanol–water partition coefficient (Wildman–Crippen LogP) is 3.56. The van der Waals surface area contributed by atoms with Gasteiger partial charge in [0.05, 0.1) is 6.61 Å². The van der Waals surface area contributed by atoms with Gasteiger partial charge in [0.2, 0.25) is 0 Å². The molecule has 0 unspecified atom stereocenters.